The van der Waals surface area contributed by atoms with Crippen molar-refractivity contribution >= 4 is 11.4 Å². The molecule has 0 spiro atoms. The Hall–Kier alpha value is -2.47. The van der Waals surface area contributed by atoms with Crippen molar-refractivity contribution < 1.29 is 14.4 Å². The second-order valence-corrected chi connectivity index (χ2v) is 4.61. The Morgan fingerprint density at radius 2 is 1.90 bits per heavy atom. The second-order valence-electron chi connectivity index (χ2n) is 4.61. The average Bonchev–Trinajstić information content (AvgIpc) is 2.47. The summed E-state index contributed by atoms with van der Waals surface area (Å²) in [5.41, 5.74) is 0.432. The minimum atomic E-state index is -0.901. The van der Waals surface area contributed by atoms with E-state index in [0.717, 1.165) is 11.6 Å². The summed E-state index contributed by atoms with van der Waals surface area (Å²) in [5, 5.41) is 23.2. The smallest absolute Gasteiger partial charge is 0.327 e. The van der Waals surface area contributed by atoms with E-state index in [1.54, 1.807) is 0 Å². The zero-order valence-corrected chi connectivity index (χ0v) is 11.2. The Labute approximate surface area is 121 Å². The summed E-state index contributed by atoms with van der Waals surface area (Å²) in [4.78, 5) is 10.2. The molecule has 0 amide bonds. The highest BCUT2D eigenvalue weighted by molar-refractivity contribution is 5.62. The maximum atomic E-state index is 13.5. The van der Waals surface area contributed by atoms with Gasteiger partial charge < -0.3 is 10.4 Å². The number of nitro groups is 1. The number of nitro benzene ring substituents is 1. The molecule has 0 aliphatic rings. The minimum absolute atomic E-state index is 0.0648. The summed E-state index contributed by atoms with van der Waals surface area (Å²) >= 11 is 0. The van der Waals surface area contributed by atoms with Crippen molar-refractivity contribution in [3.8, 4) is 0 Å². The van der Waals surface area contributed by atoms with Crippen molar-refractivity contribution in [1.82, 2.24) is 0 Å². The first kappa shape index (κ1) is 14.9. The quantitative estimate of drug-likeness (QED) is 0.633. The van der Waals surface area contributed by atoms with E-state index in [4.69, 9.17) is 0 Å². The molecule has 0 heterocycles. The van der Waals surface area contributed by atoms with Crippen LogP contribution in [0.1, 0.15) is 5.56 Å². The third-order valence-corrected chi connectivity index (χ3v) is 3.07. The number of aliphatic hydroxyl groups is 1. The number of aliphatic hydroxyl groups excluding tert-OH is 1. The largest absolute Gasteiger partial charge is 0.394 e. The van der Waals surface area contributed by atoms with E-state index in [-0.39, 0.29) is 12.3 Å². The monoisotopic (exact) mass is 290 g/mol. The number of nitrogens with zero attached hydrogens (tertiary/aromatic N) is 1. The number of nitrogens with one attached hydrogen (secondary N) is 1. The maximum Gasteiger partial charge on any atom is 0.327 e. The molecule has 110 valence electrons. The highest BCUT2D eigenvalue weighted by Gasteiger charge is 2.21. The Bertz CT molecular complexity index is 620. The first-order valence-corrected chi connectivity index (χ1v) is 6.46. The summed E-state index contributed by atoms with van der Waals surface area (Å²) in [7, 11) is 0. The van der Waals surface area contributed by atoms with Crippen LogP contribution in [0.5, 0.6) is 0 Å². The van der Waals surface area contributed by atoms with Crippen molar-refractivity contribution in [3.63, 3.8) is 0 Å². The van der Waals surface area contributed by atoms with Crippen LogP contribution in [0.25, 0.3) is 0 Å². The van der Waals surface area contributed by atoms with E-state index < -0.39 is 22.5 Å². The van der Waals surface area contributed by atoms with Gasteiger partial charge in [0.15, 0.2) is 0 Å². The van der Waals surface area contributed by atoms with Crippen LogP contribution in [0.2, 0.25) is 0 Å². The third-order valence-electron chi connectivity index (χ3n) is 3.07. The van der Waals surface area contributed by atoms with Crippen LogP contribution in [0.15, 0.2) is 48.5 Å². The molecule has 5 nitrogen and oxygen atoms in total. The van der Waals surface area contributed by atoms with Crippen LogP contribution in [0.3, 0.4) is 0 Å². The van der Waals surface area contributed by atoms with Crippen molar-refractivity contribution in [2.24, 2.45) is 0 Å². The number of hydrogen-bond acceptors (Lipinski definition) is 4. The van der Waals surface area contributed by atoms with Crippen molar-refractivity contribution in [2.45, 2.75) is 12.5 Å². The summed E-state index contributed by atoms with van der Waals surface area (Å²) in [6.07, 6.45) is 0.477. The van der Waals surface area contributed by atoms with Gasteiger partial charge in [-0.3, -0.25) is 10.1 Å². The maximum absolute atomic E-state index is 13.5. The van der Waals surface area contributed by atoms with Gasteiger partial charge in [-0.05, 0) is 24.1 Å². The SMILES string of the molecule is O=[N+]([O-])c1c(F)cccc1NC(CO)Cc1ccccc1. The molecule has 0 aliphatic heterocycles. The lowest BCUT2D eigenvalue weighted by atomic mass is 10.1. The van der Waals surface area contributed by atoms with Gasteiger partial charge in [0, 0.05) is 0 Å². The Kier molecular flexibility index (Phi) is 4.84. The summed E-state index contributed by atoms with van der Waals surface area (Å²) in [6.45, 7) is -0.220. The van der Waals surface area contributed by atoms with Gasteiger partial charge in [-0.1, -0.05) is 36.4 Å². The molecule has 1 unspecified atom stereocenters. The molecular formula is C15H15FN2O3. The molecule has 21 heavy (non-hydrogen) atoms. The molecule has 0 bridgehead atoms. The third kappa shape index (κ3) is 3.76. The summed E-state index contributed by atoms with van der Waals surface area (Å²) in [6, 6.07) is 12.8. The number of benzene rings is 2. The van der Waals surface area contributed by atoms with Crippen LogP contribution in [-0.4, -0.2) is 22.7 Å². The number of hydrogen-bond donors (Lipinski definition) is 2. The minimum Gasteiger partial charge on any atom is -0.394 e. The Balaban J connectivity index is 2.19. The summed E-state index contributed by atoms with van der Waals surface area (Å²) in [5.74, 6) is -0.901. The molecule has 1 atom stereocenters. The lowest BCUT2D eigenvalue weighted by molar-refractivity contribution is -0.386. The van der Waals surface area contributed by atoms with Gasteiger partial charge in [0.2, 0.25) is 5.82 Å². The van der Waals surface area contributed by atoms with Gasteiger partial charge in [0.1, 0.15) is 5.69 Å². The molecule has 0 saturated carbocycles. The Morgan fingerprint density at radius 3 is 2.52 bits per heavy atom. The normalized spacial score (nSPS) is 11.9. The lowest BCUT2D eigenvalue weighted by Crippen LogP contribution is -2.26. The first-order valence-electron chi connectivity index (χ1n) is 6.46. The van der Waals surface area contributed by atoms with Gasteiger partial charge in [-0.15, -0.1) is 0 Å². The first-order chi connectivity index (χ1) is 10.1. The zero-order chi connectivity index (χ0) is 15.2. The molecule has 0 radical (unpaired) electrons. The molecular weight excluding hydrogens is 275 g/mol. The fourth-order valence-electron chi connectivity index (χ4n) is 2.10. The predicted octanol–water partition coefficient (Wildman–Crippen LogP) is 2.75. The van der Waals surface area contributed by atoms with Gasteiger partial charge in [0.05, 0.1) is 17.6 Å². The van der Waals surface area contributed by atoms with E-state index in [1.165, 1.54) is 12.1 Å². The fourth-order valence-corrected chi connectivity index (χ4v) is 2.10. The average molecular weight is 290 g/mol. The number of halogens is 1. The molecule has 2 aromatic rings. The van der Waals surface area contributed by atoms with E-state index in [9.17, 15) is 19.6 Å². The molecule has 2 aromatic carbocycles. The molecule has 0 fully saturated rings. The van der Waals surface area contributed by atoms with Gasteiger partial charge >= 0.3 is 5.69 Å². The van der Waals surface area contributed by atoms with E-state index >= 15 is 0 Å². The highest BCUT2D eigenvalue weighted by Crippen LogP contribution is 2.28. The van der Waals surface area contributed by atoms with E-state index in [1.807, 2.05) is 30.3 Å². The van der Waals surface area contributed by atoms with Crippen LogP contribution in [0, 0.1) is 15.9 Å². The topological polar surface area (TPSA) is 75.4 Å². The van der Waals surface area contributed by atoms with Gasteiger partial charge in [-0.25, -0.2) is 0 Å². The molecule has 0 aliphatic carbocycles. The molecule has 6 heteroatoms. The fraction of sp³-hybridized carbons (Fsp3) is 0.200. The molecule has 0 saturated heterocycles. The van der Waals surface area contributed by atoms with Crippen LogP contribution >= 0.6 is 0 Å². The van der Waals surface area contributed by atoms with Gasteiger partial charge in [0.25, 0.3) is 0 Å². The standard InChI is InChI=1S/C15H15FN2O3/c16-13-7-4-8-14(15(13)18(20)21)17-12(10-19)9-11-5-2-1-3-6-11/h1-8,12,17,19H,9-10H2. The van der Waals surface area contributed by atoms with E-state index in [2.05, 4.69) is 5.32 Å². The van der Waals surface area contributed by atoms with Crippen molar-refractivity contribution in [2.75, 3.05) is 11.9 Å². The van der Waals surface area contributed by atoms with Crippen molar-refractivity contribution in [3.05, 3.63) is 70.0 Å². The number of para-hydroxylation sites is 1. The predicted molar refractivity (Wildman–Crippen MR) is 77.7 cm³/mol. The van der Waals surface area contributed by atoms with Crippen LogP contribution in [0.4, 0.5) is 15.8 Å². The lowest BCUT2D eigenvalue weighted by Gasteiger charge is -2.17. The zero-order valence-electron chi connectivity index (χ0n) is 11.2. The highest BCUT2D eigenvalue weighted by atomic mass is 19.1. The second kappa shape index (κ2) is 6.81. The molecule has 2 N–H and O–H groups in total. The molecule has 0 aromatic heterocycles. The summed E-state index contributed by atoms with van der Waals surface area (Å²) < 4.78 is 13.5. The van der Waals surface area contributed by atoms with Crippen LogP contribution in [-0.2, 0) is 6.42 Å². The van der Waals surface area contributed by atoms with Crippen LogP contribution < -0.4 is 5.32 Å². The number of rotatable bonds is 6. The van der Waals surface area contributed by atoms with E-state index in [0.29, 0.717) is 6.42 Å². The Morgan fingerprint density at radius 1 is 1.19 bits per heavy atom. The molecule has 2 rings (SSSR count). The van der Waals surface area contributed by atoms with Crippen molar-refractivity contribution in [1.29, 1.82) is 0 Å². The number of anilines is 1. The van der Waals surface area contributed by atoms with Gasteiger partial charge in [-0.2, -0.15) is 4.39 Å².